The monoisotopic (exact) mass is 380 g/mol. The van der Waals surface area contributed by atoms with Gasteiger partial charge in [-0.25, -0.2) is 14.8 Å². The average Bonchev–Trinajstić information content (AvgIpc) is 2.95. The summed E-state index contributed by atoms with van der Waals surface area (Å²) < 4.78 is 6.79. The van der Waals surface area contributed by atoms with E-state index in [1.54, 1.807) is 16.7 Å². The predicted molar refractivity (Wildman–Crippen MR) is 104 cm³/mol. The topological polar surface area (TPSA) is 87.6 Å². The van der Waals surface area contributed by atoms with Gasteiger partial charge in [0.05, 0.1) is 30.1 Å². The number of carbonyl (C=O) groups excluding carboxylic acids is 1. The quantitative estimate of drug-likeness (QED) is 0.606. The van der Waals surface area contributed by atoms with Gasteiger partial charge in [0.25, 0.3) is 0 Å². The summed E-state index contributed by atoms with van der Waals surface area (Å²) >= 11 is 1.35. The van der Waals surface area contributed by atoms with Crippen LogP contribution < -0.4 is 5.43 Å². The molecule has 0 aromatic carbocycles. The van der Waals surface area contributed by atoms with Gasteiger partial charge >= 0.3 is 5.97 Å². The van der Waals surface area contributed by atoms with E-state index in [4.69, 9.17) is 4.74 Å². The Balaban J connectivity index is 2.27. The summed E-state index contributed by atoms with van der Waals surface area (Å²) in [6.45, 7) is 14.5. The Kier molecular flexibility index (Phi) is 5.87. The van der Waals surface area contributed by atoms with E-state index in [9.17, 15) is 9.90 Å². The van der Waals surface area contributed by atoms with Gasteiger partial charge in [-0.3, -0.25) is 5.43 Å². The predicted octanol–water partition coefficient (Wildman–Crippen LogP) is 3.51. The number of rotatable bonds is 4. The number of carbonyl (C=O) groups is 1. The van der Waals surface area contributed by atoms with Gasteiger partial charge < -0.3 is 9.84 Å². The van der Waals surface area contributed by atoms with E-state index < -0.39 is 0 Å². The Bertz CT molecular complexity index is 685. The molecule has 1 aromatic rings. The summed E-state index contributed by atoms with van der Waals surface area (Å²) in [4.78, 5) is 20.9. The lowest BCUT2D eigenvalue weighted by atomic mass is 9.85. The number of nitrogens with zero attached hydrogens (tertiary/aromatic N) is 3. The first kappa shape index (κ1) is 20.5. The number of ether oxygens (including phenoxy) is 1. The summed E-state index contributed by atoms with van der Waals surface area (Å²) in [7, 11) is 0. The van der Waals surface area contributed by atoms with E-state index in [0.717, 1.165) is 0 Å². The van der Waals surface area contributed by atoms with Crippen LogP contribution in [0.1, 0.15) is 59.9 Å². The van der Waals surface area contributed by atoms with Crippen LogP contribution in [-0.4, -0.2) is 38.6 Å². The third kappa shape index (κ3) is 4.67. The second-order valence-electron chi connectivity index (χ2n) is 8.21. The normalized spacial score (nSPS) is 15.7. The molecule has 0 atom stereocenters. The molecule has 0 radical (unpaired) electrons. The van der Waals surface area contributed by atoms with Crippen molar-refractivity contribution in [2.24, 2.45) is 0 Å². The second kappa shape index (κ2) is 7.44. The van der Waals surface area contributed by atoms with Crippen LogP contribution in [-0.2, 0) is 20.4 Å². The molecule has 0 spiro atoms. The van der Waals surface area contributed by atoms with Gasteiger partial charge in [0, 0.05) is 16.2 Å². The first-order valence-corrected chi connectivity index (χ1v) is 9.46. The third-order valence-electron chi connectivity index (χ3n) is 3.70. The first-order chi connectivity index (χ1) is 11.9. The van der Waals surface area contributed by atoms with Crippen molar-refractivity contribution in [3.05, 3.63) is 22.4 Å². The number of anilines is 1. The lowest BCUT2D eigenvalue weighted by molar-refractivity contribution is -0.138. The lowest BCUT2D eigenvalue weighted by Crippen LogP contribution is -2.27. The number of hydrazine groups is 1. The zero-order valence-corrected chi connectivity index (χ0v) is 17.3. The van der Waals surface area contributed by atoms with Crippen molar-refractivity contribution in [1.29, 1.82) is 0 Å². The summed E-state index contributed by atoms with van der Waals surface area (Å²) in [6, 6.07) is 0. The highest BCUT2D eigenvalue weighted by atomic mass is 32.2. The van der Waals surface area contributed by atoms with Crippen LogP contribution in [0.3, 0.4) is 0 Å². The Hall–Kier alpha value is -1.80. The fourth-order valence-corrected chi connectivity index (χ4v) is 3.19. The third-order valence-corrected chi connectivity index (χ3v) is 4.57. The largest absolute Gasteiger partial charge is 0.504 e. The van der Waals surface area contributed by atoms with Crippen LogP contribution in [0, 0.1) is 0 Å². The van der Waals surface area contributed by atoms with Crippen molar-refractivity contribution in [1.82, 2.24) is 14.4 Å². The Morgan fingerprint density at radius 1 is 1.23 bits per heavy atom. The molecule has 2 N–H and O–H groups in total. The maximum absolute atomic E-state index is 11.8. The SMILES string of the molecule is CCOC(=O)C1=CSN(Nc2nc(C(C)(C)C)c(O)c(C(C)(C)C)n2)C1. The molecule has 2 heterocycles. The van der Waals surface area contributed by atoms with Gasteiger partial charge in [0.1, 0.15) is 0 Å². The first-order valence-electron chi connectivity index (χ1n) is 8.62. The number of nitrogens with one attached hydrogen (secondary N) is 1. The van der Waals surface area contributed by atoms with E-state index in [0.29, 0.717) is 36.1 Å². The minimum Gasteiger partial charge on any atom is -0.504 e. The fourth-order valence-electron chi connectivity index (χ4n) is 2.42. The molecular weight excluding hydrogens is 352 g/mol. The van der Waals surface area contributed by atoms with Crippen molar-refractivity contribution in [2.45, 2.75) is 59.3 Å². The number of hydrogen-bond donors (Lipinski definition) is 2. The molecule has 0 saturated carbocycles. The van der Waals surface area contributed by atoms with Gasteiger partial charge in [-0.2, -0.15) is 4.41 Å². The zero-order valence-electron chi connectivity index (χ0n) is 16.5. The van der Waals surface area contributed by atoms with Crippen LogP contribution in [0.2, 0.25) is 0 Å². The minimum atomic E-state index is -0.337. The molecule has 0 unspecified atom stereocenters. The summed E-state index contributed by atoms with van der Waals surface area (Å²) in [6.07, 6.45) is 0. The molecule has 0 aliphatic carbocycles. The molecular formula is C18H28N4O3S. The summed E-state index contributed by atoms with van der Waals surface area (Å²) in [5, 5.41) is 12.4. The van der Waals surface area contributed by atoms with Crippen LogP contribution in [0.5, 0.6) is 5.75 Å². The van der Waals surface area contributed by atoms with Gasteiger partial charge in [-0.1, -0.05) is 41.5 Å². The maximum atomic E-state index is 11.8. The van der Waals surface area contributed by atoms with Crippen LogP contribution in [0.4, 0.5) is 5.95 Å². The molecule has 8 heteroatoms. The molecule has 26 heavy (non-hydrogen) atoms. The van der Waals surface area contributed by atoms with Crippen molar-refractivity contribution in [3.63, 3.8) is 0 Å². The van der Waals surface area contributed by atoms with E-state index in [1.165, 1.54) is 11.9 Å². The molecule has 0 fully saturated rings. The van der Waals surface area contributed by atoms with Crippen molar-refractivity contribution in [2.75, 3.05) is 18.6 Å². The Labute approximate surface area is 159 Å². The Morgan fingerprint density at radius 2 is 1.77 bits per heavy atom. The summed E-state index contributed by atoms with van der Waals surface area (Å²) in [5.74, 6) is 0.209. The van der Waals surface area contributed by atoms with Crippen molar-refractivity contribution in [3.8, 4) is 5.75 Å². The highest BCUT2D eigenvalue weighted by Crippen LogP contribution is 2.37. The molecule has 1 aliphatic rings. The van der Waals surface area contributed by atoms with Gasteiger partial charge in [-0.15, -0.1) is 0 Å². The highest BCUT2D eigenvalue weighted by Gasteiger charge is 2.30. The van der Waals surface area contributed by atoms with Gasteiger partial charge in [0.2, 0.25) is 5.95 Å². The fraction of sp³-hybridized carbons (Fsp3) is 0.611. The molecule has 144 valence electrons. The summed E-state index contributed by atoms with van der Waals surface area (Å²) in [5.41, 5.74) is 4.20. The lowest BCUT2D eigenvalue weighted by Gasteiger charge is -2.27. The molecule has 0 amide bonds. The minimum absolute atomic E-state index is 0.134. The second-order valence-corrected chi connectivity index (χ2v) is 9.10. The zero-order chi connectivity index (χ0) is 19.7. The molecule has 0 saturated heterocycles. The number of aromatic hydroxyl groups is 1. The van der Waals surface area contributed by atoms with Crippen molar-refractivity contribution >= 4 is 23.9 Å². The molecule has 1 aliphatic heterocycles. The van der Waals surface area contributed by atoms with E-state index in [-0.39, 0.29) is 22.5 Å². The maximum Gasteiger partial charge on any atom is 0.336 e. The molecule has 7 nitrogen and oxygen atoms in total. The molecule has 1 aromatic heterocycles. The van der Waals surface area contributed by atoms with Crippen molar-refractivity contribution < 1.29 is 14.6 Å². The van der Waals surface area contributed by atoms with Gasteiger partial charge in [-0.05, 0) is 18.9 Å². The molecule has 0 bridgehead atoms. The number of esters is 1. The van der Waals surface area contributed by atoms with E-state index >= 15 is 0 Å². The smallest absolute Gasteiger partial charge is 0.336 e. The Morgan fingerprint density at radius 3 is 2.23 bits per heavy atom. The number of hydrogen-bond acceptors (Lipinski definition) is 8. The van der Waals surface area contributed by atoms with Crippen LogP contribution in [0.15, 0.2) is 11.0 Å². The van der Waals surface area contributed by atoms with E-state index in [2.05, 4.69) is 15.4 Å². The van der Waals surface area contributed by atoms with Gasteiger partial charge in [0.15, 0.2) is 5.75 Å². The number of aromatic nitrogens is 2. The van der Waals surface area contributed by atoms with E-state index in [1.807, 2.05) is 41.5 Å². The average molecular weight is 381 g/mol. The molecule has 2 rings (SSSR count). The van der Waals surface area contributed by atoms with Crippen LogP contribution in [0.25, 0.3) is 0 Å². The van der Waals surface area contributed by atoms with Crippen LogP contribution >= 0.6 is 11.9 Å². The highest BCUT2D eigenvalue weighted by molar-refractivity contribution is 8.00. The standard InChI is InChI=1S/C18H28N4O3S/c1-8-25-15(24)11-9-22(26-10-11)21-16-19-13(17(2,3)4)12(23)14(20-16)18(5,6)7/h10,23H,8-9H2,1-7H3,(H,19,20,21).